The fourth-order valence-electron chi connectivity index (χ4n) is 4.78. The zero-order chi connectivity index (χ0) is 25.3. The summed E-state index contributed by atoms with van der Waals surface area (Å²) in [6.07, 6.45) is 21.1. The van der Waals surface area contributed by atoms with Gasteiger partial charge in [-0.2, -0.15) is 0 Å². The van der Waals surface area contributed by atoms with Gasteiger partial charge in [-0.05, 0) is 30.2 Å². The molecule has 1 fully saturated rings. The van der Waals surface area contributed by atoms with Crippen molar-refractivity contribution in [2.75, 3.05) is 13.1 Å². The zero-order valence-corrected chi connectivity index (χ0v) is 23.2. The minimum atomic E-state index is -1.21. The lowest BCUT2D eigenvalue weighted by Crippen LogP contribution is -2.27. The van der Waals surface area contributed by atoms with Crippen molar-refractivity contribution >= 4 is 27.7 Å². The summed E-state index contributed by atoms with van der Waals surface area (Å²) < 4.78 is 13.3. The number of nitrogens with zero attached hydrogens (tertiary/aromatic N) is 2. The van der Waals surface area contributed by atoms with E-state index in [0.29, 0.717) is 11.7 Å². The number of hydrogen-bond donors (Lipinski definition) is 0. The largest absolute Gasteiger partial charge is 0.344 e. The molecule has 0 spiro atoms. The Balaban J connectivity index is 1.39. The van der Waals surface area contributed by atoms with E-state index in [9.17, 15) is 4.21 Å². The van der Waals surface area contributed by atoms with Crippen molar-refractivity contribution in [3.05, 3.63) is 71.1 Å². The fourth-order valence-corrected chi connectivity index (χ4v) is 6.11. The van der Waals surface area contributed by atoms with Crippen LogP contribution in [0.25, 0.3) is 6.08 Å². The van der Waals surface area contributed by atoms with Crippen molar-refractivity contribution in [2.45, 2.75) is 96.8 Å². The van der Waals surface area contributed by atoms with Crippen LogP contribution < -0.4 is 0 Å². The first-order valence-corrected chi connectivity index (χ1v) is 15.5. The second-order valence-corrected chi connectivity index (χ2v) is 11.5. The summed E-state index contributed by atoms with van der Waals surface area (Å²) in [5.74, 6) is 0. The van der Waals surface area contributed by atoms with E-state index >= 15 is 0 Å². The first-order chi connectivity index (χ1) is 17.8. The predicted octanol–water partition coefficient (Wildman–Crippen LogP) is 9.26. The van der Waals surface area contributed by atoms with Crippen LogP contribution in [0.15, 0.2) is 70.6 Å². The van der Waals surface area contributed by atoms with Crippen LogP contribution in [0, 0.1) is 0 Å². The molecule has 0 N–H and O–H groups in total. The van der Waals surface area contributed by atoms with E-state index in [4.69, 9.17) is 4.99 Å². The minimum absolute atomic E-state index is 0.700. The molecule has 1 atom stereocenters. The number of aliphatic imine (C=N–C) groups is 1. The number of rotatable bonds is 17. The average molecular weight is 507 g/mol. The molecule has 2 aromatic carbocycles. The fraction of sp³-hybridized carbons (Fsp3) is 0.531. The van der Waals surface area contributed by atoms with Gasteiger partial charge < -0.3 is 4.90 Å². The molecule has 0 radical (unpaired) electrons. The molecule has 0 aliphatic carbocycles. The average Bonchev–Trinajstić information content (AvgIpc) is 3.19. The highest BCUT2D eigenvalue weighted by atomic mass is 32.2. The normalized spacial score (nSPS) is 17.9. The van der Waals surface area contributed by atoms with Crippen molar-refractivity contribution in [2.24, 2.45) is 4.99 Å². The Kier molecular flexibility index (Phi) is 13.6. The second-order valence-electron chi connectivity index (χ2n) is 10.0. The monoisotopic (exact) mass is 506 g/mol. The van der Waals surface area contributed by atoms with Crippen LogP contribution in [0.2, 0.25) is 0 Å². The number of benzene rings is 2. The van der Waals surface area contributed by atoms with Crippen LogP contribution in [0.3, 0.4) is 0 Å². The molecule has 4 heteroatoms. The maximum absolute atomic E-state index is 13.3. The van der Waals surface area contributed by atoms with Crippen molar-refractivity contribution in [3.8, 4) is 0 Å². The van der Waals surface area contributed by atoms with E-state index in [1.807, 2.05) is 48.5 Å². The molecule has 1 saturated heterocycles. The molecule has 0 saturated carbocycles. The lowest BCUT2D eigenvalue weighted by molar-refractivity contribution is 0.443. The Hall–Kier alpha value is -2.20. The maximum atomic E-state index is 13.3. The highest BCUT2D eigenvalue weighted by molar-refractivity contribution is 8.04. The van der Waals surface area contributed by atoms with Gasteiger partial charge in [0.1, 0.15) is 10.8 Å². The van der Waals surface area contributed by atoms with Gasteiger partial charge in [0.15, 0.2) is 5.17 Å². The van der Waals surface area contributed by atoms with Gasteiger partial charge in [0.05, 0.1) is 12.2 Å². The molecule has 0 aromatic heterocycles. The molecular formula is C32H46N2OS. The number of unbranched alkanes of at least 4 members (excludes halogenated alkanes) is 13. The smallest absolute Gasteiger partial charge is 0.200 e. The Bertz CT molecular complexity index is 939. The van der Waals surface area contributed by atoms with Gasteiger partial charge in [-0.1, -0.05) is 139 Å². The van der Waals surface area contributed by atoms with E-state index in [0.717, 1.165) is 29.1 Å². The quantitative estimate of drug-likeness (QED) is 0.200. The Morgan fingerprint density at radius 2 is 1.22 bits per heavy atom. The molecule has 3 nitrogen and oxygen atoms in total. The molecule has 0 bridgehead atoms. The third-order valence-corrected chi connectivity index (χ3v) is 8.32. The highest BCUT2D eigenvalue weighted by Gasteiger charge is 2.30. The molecular weight excluding hydrogens is 460 g/mol. The van der Waals surface area contributed by atoms with E-state index in [2.05, 4.69) is 30.0 Å². The van der Waals surface area contributed by atoms with E-state index in [1.165, 1.54) is 83.5 Å². The highest BCUT2D eigenvalue weighted by Crippen LogP contribution is 2.25. The molecule has 3 rings (SSSR count). The van der Waals surface area contributed by atoms with Gasteiger partial charge in [0.2, 0.25) is 0 Å². The number of amidine groups is 1. The third-order valence-electron chi connectivity index (χ3n) is 6.91. The summed E-state index contributed by atoms with van der Waals surface area (Å²) in [5, 5.41) is 0.707. The van der Waals surface area contributed by atoms with Crippen LogP contribution in [-0.2, 0) is 10.8 Å². The van der Waals surface area contributed by atoms with Crippen LogP contribution in [0.5, 0.6) is 0 Å². The molecule has 0 amide bonds. The first-order valence-electron chi connectivity index (χ1n) is 14.3. The zero-order valence-electron chi connectivity index (χ0n) is 22.4. The molecule has 1 unspecified atom stereocenters. The van der Waals surface area contributed by atoms with Crippen molar-refractivity contribution in [1.82, 2.24) is 4.90 Å². The summed E-state index contributed by atoms with van der Waals surface area (Å²) in [5.41, 5.74) is 1.96. The second kappa shape index (κ2) is 17.3. The van der Waals surface area contributed by atoms with Crippen LogP contribution in [-0.4, -0.2) is 27.4 Å². The number of hydrogen-bond acceptors (Lipinski definition) is 2. The van der Waals surface area contributed by atoms with Crippen LogP contribution >= 0.6 is 0 Å². The summed E-state index contributed by atoms with van der Waals surface area (Å²) in [6, 6.07) is 20.1. The summed E-state index contributed by atoms with van der Waals surface area (Å²) in [4.78, 5) is 7.98. The van der Waals surface area contributed by atoms with Gasteiger partial charge >= 0.3 is 0 Å². The maximum Gasteiger partial charge on any atom is 0.200 e. The first kappa shape index (κ1) is 28.4. The Labute approximate surface area is 222 Å². The molecule has 1 aliphatic heterocycles. The molecule has 196 valence electrons. The summed E-state index contributed by atoms with van der Waals surface area (Å²) >= 11 is 0. The molecule has 2 aromatic rings. The van der Waals surface area contributed by atoms with Crippen molar-refractivity contribution in [1.29, 1.82) is 0 Å². The van der Waals surface area contributed by atoms with Crippen LogP contribution in [0.1, 0.15) is 102 Å². The van der Waals surface area contributed by atoms with E-state index in [-0.39, 0.29) is 0 Å². The van der Waals surface area contributed by atoms with Gasteiger partial charge in [-0.3, -0.25) is 0 Å². The SMILES string of the molecule is CCCCCCCCCCCCCCCCN1CC(=Cc2ccccc2)S(=O)C1=Nc1ccccc1. The van der Waals surface area contributed by atoms with E-state index < -0.39 is 10.8 Å². The molecule has 1 heterocycles. The standard InChI is InChI=1S/C32H46N2OS/c1-2-3-4-5-6-7-8-9-10-11-12-13-14-21-26-34-28-31(27-29-22-17-15-18-23-29)36(35)32(34)33-30-24-19-16-20-25-30/h15-20,22-25,27H,2-14,21,26,28H2,1H3. The number of para-hydroxylation sites is 1. The Morgan fingerprint density at radius 3 is 1.78 bits per heavy atom. The van der Waals surface area contributed by atoms with Gasteiger partial charge in [-0.25, -0.2) is 9.20 Å². The topological polar surface area (TPSA) is 32.7 Å². The third kappa shape index (κ3) is 10.4. The van der Waals surface area contributed by atoms with Crippen LogP contribution in [0.4, 0.5) is 5.69 Å². The van der Waals surface area contributed by atoms with Gasteiger partial charge in [0, 0.05) is 11.4 Å². The Morgan fingerprint density at radius 1 is 0.722 bits per heavy atom. The van der Waals surface area contributed by atoms with Crippen molar-refractivity contribution < 1.29 is 4.21 Å². The molecule has 1 aliphatic rings. The summed E-state index contributed by atoms with van der Waals surface area (Å²) in [6.45, 7) is 3.90. The summed E-state index contributed by atoms with van der Waals surface area (Å²) in [7, 11) is -1.21. The minimum Gasteiger partial charge on any atom is -0.344 e. The predicted molar refractivity (Wildman–Crippen MR) is 158 cm³/mol. The van der Waals surface area contributed by atoms with E-state index in [1.54, 1.807) is 0 Å². The van der Waals surface area contributed by atoms with Gasteiger partial charge in [0.25, 0.3) is 0 Å². The molecule has 36 heavy (non-hydrogen) atoms. The van der Waals surface area contributed by atoms with Gasteiger partial charge in [-0.15, -0.1) is 0 Å². The lowest BCUT2D eigenvalue weighted by atomic mass is 10.0. The van der Waals surface area contributed by atoms with Crippen molar-refractivity contribution in [3.63, 3.8) is 0 Å². The lowest BCUT2D eigenvalue weighted by Gasteiger charge is -2.17.